The van der Waals surface area contributed by atoms with Crippen molar-refractivity contribution in [1.29, 1.82) is 0 Å². The third kappa shape index (κ3) is 3.33. The molecule has 1 fully saturated rings. The van der Waals surface area contributed by atoms with Crippen molar-refractivity contribution in [1.82, 2.24) is 10.7 Å². The van der Waals surface area contributed by atoms with Gasteiger partial charge in [0.15, 0.2) is 0 Å². The van der Waals surface area contributed by atoms with E-state index in [2.05, 4.69) is 49.6 Å². The molecular formula is C15H27N5O2. The fraction of sp³-hybridized carbons (Fsp3) is 0.667. The summed E-state index contributed by atoms with van der Waals surface area (Å²) >= 11 is 0. The van der Waals surface area contributed by atoms with Gasteiger partial charge in [0.05, 0.1) is 6.04 Å². The van der Waals surface area contributed by atoms with Crippen LogP contribution in [0.5, 0.6) is 0 Å². The lowest BCUT2D eigenvalue weighted by atomic mass is 9.76. The molecule has 2 atom stereocenters. The van der Waals surface area contributed by atoms with Crippen LogP contribution in [-0.2, 0) is 9.68 Å². The van der Waals surface area contributed by atoms with Crippen LogP contribution in [0, 0.1) is 5.41 Å². The van der Waals surface area contributed by atoms with Crippen molar-refractivity contribution < 1.29 is 9.68 Å². The first-order valence-electron chi connectivity index (χ1n) is 7.67. The molecule has 0 aromatic carbocycles. The minimum absolute atomic E-state index is 0.0787. The molecule has 1 aliphatic carbocycles. The maximum Gasteiger partial charge on any atom is 0.134 e. The van der Waals surface area contributed by atoms with Gasteiger partial charge in [-0.15, -0.1) is 0 Å². The number of ether oxygens (including phenoxy) is 1. The Balaban J connectivity index is 2.07. The van der Waals surface area contributed by atoms with Crippen molar-refractivity contribution in [2.45, 2.75) is 51.7 Å². The Kier molecular flexibility index (Phi) is 5.23. The Hall–Kier alpha value is -1.41. The SMILES string of the molecule is CCC(C)(C)C1=CCC2(C=C1)OCCC2N(N)ONC=NN. The highest BCUT2D eigenvalue weighted by atomic mass is 16.8. The van der Waals surface area contributed by atoms with Crippen LogP contribution in [0.2, 0.25) is 0 Å². The van der Waals surface area contributed by atoms with Crippen molar-refractivity contribution in [2.24, 2.45) is 22.2 Å². The normalized spacial score (nSPS) is 28.8. The van der Waals surface area contributed by atoms with Gasteiger partial charge in [-0.1, -0.05) is 44.2 Å². The van der Waals surface area contributed by atoms with E-state index in [1.807, 2.05) is 0 Å². The van der Waals surface area contributed by atoms with Gasteiger partial charge < -0.3 is 10.6 Å². The fourth-order valence-electron chi connectivity index (χ4n) is 2.92. The van der Waals surface area contributed by atoms with Crippen LogP contribution in [0.4, 0.5) is 0 Å². The Morgan fingerprint density at radius 2 is 2.41 bits per heavy atom. The van der Waals surface area contributed by atoms with Gasteiger partial charge in [-0.2, -0.15) is 10.0 Å². The molecule has 0 aromatic heterocycles. The number of hydrazine groups is 1. The number of nitrogens with zero attached hydrogens (tertiary/aromatic N) is 2. The second-order valence-electron chi connectivity index (χ2n) is 6.39. The van der Waals surface area contributed by atoms with E-state index in [9.17, 15) is 0 Å². The highest BCUT2D eigenvalue weighted by molar-refractivity contribution is 5.51. The van der Waals surface area contributed by atoms with E-state index in [0.29, 0.717) is 6.61 Å². The third-order valence-corrected chi connectivity index (χ3v) is 4.77. The summed E-state index contributed by atoms with van der Waals surface area (Å²) in [5, 5.41) is 4.57. The Morgan fingerprint density at radius 1 is 1.64 bits per heavy atom. The second-order valence-corrected chi connectivity index (χ2v) is 6.39. The number of nitrogens with one attached hydrogen (secondary N) is 1. The van der Waals surface area contributed by atoms with Crippen molar-refractivity contribution in [2.75, 3.05) is 6.61 Å². The minimum Gasteiger partial charge on any atom is -0.369 e. The zero-order valence-electron chi connectivity index (χ0n) is 13.6. The molecule has 0 radical (unpaired) electrons. The van der Waals surface area contributed by atoms with Crippen molar-refractivity contribution in [3.8, 4) is 0 Å². The molecule has 0 bridgehead atoms. The van der Waals surface area contributed by atoms with E-state index >= 15 is 0 Å². The van der Waals surface area contributed by atoms with Crippen LogP contribution < -0.4 is 17.2 Å². The zero-order chi connectivity index (χ0) is 16.2. The quantitative estimate of drug-likeness (QED) is 0.296. The topological polar surface area (TPSA) is 98.1 Å². The van der Waals surface area contributed by atoms with Crippen LogP contribution in [0.1, 0.15) is 40.0 Å². The Morgan fingerprint density at radius 3 is 3.00 bits per heavy atom. The summed E-state index contributed by atoms with van der Waals surface area (Å²) < 4.78 is 6.00. The lowest BCUT2D eigenvalue weighted by molar-refractivity contribution is -0.233. The molecule has 7 heteroatoms. The zero-order valence-corrected chi connectivity index (χ0v) is 13.6. The maximum absolute atomic E-state index is 6.00. The lowest BCUT2D eigenvalue weighted by Crippen LogP contribution is -2.54. The monoisotopic (exact) mass is 309 g/mol. The van der Waals surface area contributed by atoms with E-state index < -0.39 is 5.60 Å². The largest absolute Gasteiger partial charge is 0.369 e. The van der Waals surface area contributed by atoms with Gasteiger partial charge in [-0.25, -0.2) is 11.3 Å². The van der Waals surface area contributed by atoms with Crippen LogP contribution >= 0.6 is 0 Å². The molecule has 2 rings (SSSR count). The summed E-state index contributed by atoms with van der Waals surface area (Å²) in [7, 11) is 0. The summed E-state index contributed by atoms with van der Waals surface area (Å²) in [6.07, 6.45) is 10.4. The molecule has 0 aromatic rings. The molecule has 2 aliphatic rings. The van der Waals surface area contributed by atoms with Crippen LogP contribution in [0.3, 0.4) is 0 Å². The highest BCUT2D eigenvalue weighted by Gasteiger charge is 2.46. The van der Waals surface area contributed by atoms with E-state index in [1.165, 1.54) is 17.1 Å². The first-order valence-corrected chi connectivity index (χ1v) is 7.67. The molecule has 1 heterocycles. The molecule has 2 unspecified atom stereocenters. The van der Waals surface area contributed by atoms with Gasteiger partial charge in [-0.3, -0.25) is 0 Å². The first-order chi connectivity index (χ1) is 10.4. The van der Waals surface area contributed by atoms with E-state index in [4.69, 9.17) is 21.4 Å². The molecule has 1 saturated heterocycles. The molecular weight excluding hydrogens is 282 g/mol. The van der Waals surface area contributed by atoms with E-state index in [1.54, 1.807) is 0 Å². The lowest BCUT2D eigenvalue weighted by Gasteiger charge is -2.38. The van der Waals surface area contributed by atoms with Crippen LogP contribution in [-0.4, -0.2) is 29.8 Å². The predicted octanol–water partition coefficient (Wildman–Crippen LogP) is 1.35. The van der Waals surface area contributed by atoms with Gasteiger partial charge in [0.1, 0.15) is 11.9 Å². The number of hydroxylamine groups is 2. The number of nitrogens with two attached hydrogens (primary N) is 2. The number of hydrogen-bond donors (Lipinski definition) is 3. The van der Waals surface area contributed by atoms with Gasteiger partial charge in [0, 0.05) is 13.0 Å². The van der Waals surface area contributed by atoms with E-state index in [0.717, 1.165) is 19.3 Å². The molecule has 0 amide bonds. The fourth-order valence-corrected chi connectivity index (χ4v) is 2.92. The Labute approximate surface area is 131 Å². The summed E-state index contributed by atoms with van der Waals surface area (Å²) in [6, 6.07) is -0.0787. The number of rotatable bonds is 6. The predicted molar refractivity (Wildman–Crippen MR) is 85.9 cm³/mol. The van der Waals surface area contributed by atoms with Crippen molar-refractivity contribution in [3.63, 3.8) is 0 Å². The average Bonchev–Trinajstić information content (AvgIpc) is 2.91. The smallest absolute Gasteiger partial charge is 0.134 e. The summed E-state index contributed by atoms with van der Waals surface area (Å²) in [4.78, 5) is 5.21. The van der Waals surface area contributed by atoms with Crippen LogP contribution in [0.25, 0.3) is 0 Å². The number of hydrogen-bond acceptors (Lipinski definition) is 6. The van der Waals surface area contributed by atoms with E-state index in [-0.39, 0.29) is 11.5 Å². The summed E-state index contributed by atoms with van der Waals surface area (Å²) in [5.41, 5.74) is 3.54. The molecule has 124 valence electrons. The van der Waals surface area contributed by atoms with Gasteiger partial charge in [0.2, 0.25) is 0 Å². The minimum atomic E-state index is -0.441. The van der Waals surface area contributed by atoms with Gasteiger partial charge in [-0.05, 0) is 23.8 Å². The molecule has 7 nitrogen and oxygen atoms in total. The number of allylic oxidation sites excluding steroid dienone is 2. The van der Waals surface area contributed by atoms with Crippen LogP contribution in [0.15, 0.2) is 28.9 Å². The summed E-state index contributed by atoms with van der Waals surface area (Å²) in [6.45, 7) is 7.36. The standard InChI is InChI=1S/C15H27N5O2/c1-4-14(2,3)12-5-8-15(9-6-12)13(7-10-21-15)20(17)22-19-11-18-16/h5-6,8,11,13H,4,7,9-10,16-17H2,1-3H3,(H,18,19). The molecule has 1 aliphatic heterocycles. The van der Waals surface area contributed by atoms with Crippen molar-refractivity contribution in [3.05, 3.63) is 23.8 Å². The molecule has 0 saturated carbocycles. The second kappa shape index (κ2) is 6.78. The highest BCUT2D eigenvalue weighted by Crippen LogP contribution is 2.41. The average molecular weight is 309 g/mol. The third-order valence-electron chi connectivity index (χ3n) is 4.77. The maximum atomic E-state index is 6.00. The molecule has 1 spiro atoms. The number of hydrazone groups is 1. The Bertz CT molecular complexity index is 475. The van der Waals surface area contributed by atoms with Gasteiger partial charge in [0.25, 0.3) is 0 Å². The van der Waals surface area contributed by atoms with Gasteiger partial charge >= 0.3 is 0 Å². The first kappa shape index (κ1) is 17.0. The molecule has 5 N–H and O–H groups in total. The summed E-state index contributed by atoms with van der Waals surface area (Å²) in [5.74, 6) is 11.0. The van der Waals surface area contributed by atoms with Crippen molar-refractivity contribution >= 4 is 6.34 Å². The molecule has 22 heavy (non-hydrogen) atoms.